The number of aromatic nitrogens is 1. The highest BCUT2D eigenvalue weighted by Crippen LogP contribution is 2.32. The molecule has 0 spiro atoms. The van der Waals surface area contributed by atoms with Crippen molar-refractivity contribution in [2.75, 3.05) is 31.1 Å². The lowest BCUT2D eigenvalue weighted by atomic mass is 10.1. The predicted molar refractivity (Wildman–Crippen MR) is 95.4 cm³/mol. The molecule has 0 unspecified atom stereocenters. The summed E-state index contributed by atoms with van der Waals surface area (Å²) in [6.07, 6.45) is 3.67. The van der Waals surface area contributed by atoms with E-state index in [-0.39, 0.29) is 11.1 Å². The number of hydrogen-bond donors (Lipinski definition) is 1. The highest BCUT2D eigenvalue weighted by molar-refractivity contribution is 5.95. The summed E-state index contributed by atoms with van der Waals surface area (Å²) in [6, 6.07) is 8.68. The lowest BCUT2D eigenvalue weighted by Gasteiger charge is -2.25. The predicted octanol–water partition coefficient (Wildman–Crippen LogP) is 2.38. The number of anilines is 1. The number of likely N-dealkylation sites (tertiary alicyclic amines) is 1. The first-order valence-electron chi connectivity index (χ1n) is 8.73. The molecule has 2 fully saturated rings. The van der Waals surface area contributed by atoms with Crippen molar-refractivity contribution in [3.63, 3.8) is 0 Å². The molecule has 0 radical (unpaired) electrons. The van der Waals surface area contributed by atoms with E-state index in [0.717, 1.165) is 41.7 Å². The van der Waals surface area contributed by atoms with Crippen LogP contribution in [0.4, 0.5) is 5.69 Å². The van der Waals surface area contributed by atoms with Crippen LogP contribution in [0.5, 0.6) is 0 Å². The number of hydrogen-bond acceptors (Lipinski definition) is 4. The van der Waals surface area contributed by atoms with Crippen LogP contribution in [0.3, 0.4) is 0 Å². The minimum absolute atomic E-state index is 0.246. The molecule has 0 saturated carbocycles. The summed E-state index contributed by atoms with van der Waals surface area (Å²) in [5.41, 5.74) is 2.73. The number of pyridine rings is 1. The van der Waals surface area contributed by atoms with Gasteiger partial charge >= 0.3 is 0 Å². The molecule has 0 amide bonds. The van der Waals surface area contributed by atoms with Crippen molar-refractivity contribution in [1.29, 1.82) is 5.26 Å². The Morgan fingerprint density at radius 3 is 2.79 bits per heavy atom. The highest BCUT2D eigenvalue weighted by atomic mass is 16.1. The Labute approximate surface area is 141 Å². The molecule has 5 nitrogen and oxygen atoms in total. The molecule has 2 aromatic rings. The van der Waals surface area contributed by atoms with Gasteiger partial charge in [-0.15, -0.1) is 0 Å². The van der Waals surface area contributed by atoms with Gasteiger partial charge < -0.3 is 9.88 Å². The zero-order chi connectivity index (χ0) is 16.7. The van der Waals surface area contributed by atoms with Crippen molar-refractivity contribution >= 4 is 16.6 Å². The molecule has 24 heavy (non-hydrogen) atoms. The van der Waals surface area contributed by atoms with Crippen LogP contribution in [0.2, 0.25) is 0 Å². The van der Waals surface area contributed by atoms with Gasteiger partial charge in [-0.2, -0.15) is 5.26 Å². The van der Waals surface area contributed by atoms with Crippen LogP contribution < -0.4 is 10.5 Å². The van der Waals surface area contributed by atoms with E-state index < -0.39 is 0 Å². The highest BCUT2D eigenvalue weighted by Gasteiger charge is 2.31. The summed E-state index contributed by atoms with van der Waals surface area (Å²) in [6.45, 7) is 6.21. The smallest absolute Gasteiger partial charge is 0.268 e. The van der Waals surface area contributed by atoms with Crippen molar-refractivity contribution < 1.29 is 0 Å². The molecular formula is C19H22N4O. The zero-order valence-electron chi connectivity index (χ0n) is 14.0. The number of nitriles is 1. The average Bonchev–Trinajstić information content (AvgIpc) is 3.25. The first-order valence-corrected chi connectivity index (χ1v) is 8.73. The summed E-state index contributed by atoms with van der Waals surface area (Å²) in [5.74, 6) is 0. The topological polar surface area (TPSA) is 63.1 Å². The summed E-state index contributed by atoms with van der Waals surface area (Å²) in [7, 11) is 0. The maximum atomic E-state index is 12.3. The molecule has 124 valence electrons. The van der Waals surface area contributed by atoms with Crippen LogP contribution in [0.1, 0.15) is 30.4 Å². The molecule has 1 atom stereocenters. The fourth-order valence-corrected chi connectivity index (χ4v) is 4.17. The molecule has 1 N–H and O–H groups in total. The van der Waals surface area contributed by atoms with E-state index in [4.69, 9.17) is 0 Å². The van der Waals surface area contributed by atoms with Crippen LogP contribution in [0, 0.1) is 18.3 Å². The van der Waals surface area contributed by atoms with E-state index in [0.29, 0.717) is 6.04 Å². The van der Waals surface area contributed by atoms with Gasteiger partial charge in [0.15, 0.2) is 0 Å². The van der Waals surface area contributed by atoms with Crippen LogP contribution in [-0.2, 0) is 0 Å². The summed E-state index contributed by atoms with van der Waals surface area (Å²) in [5, 5.41) is 10.5. The second-order valence-electron chi connectivity index (χ2n) is 6.97. The first-order chi connectivity index (χ1) is 11.7. The van der Waals surface area contributed by atoms with Crippen LogP contribution in [0.15, 0.2) is 23.0 Å². The molecule has 0 aliphatic carbocycles. The third-order valence-corrected chi connectivity index (χ3v) is 5.39. The van der Waals surface area contributed by atoms with Gasteiger partial charge in [0.1, 0.15) is 11.6 Å². The van der Waals surface area contributed by atoms with Gasteiger partial charge in [-0.3, -0.25) is 9.69 Å². The molecule has 2 aliphatic rings. The normalized spacial score (nSPS) is 21.5. The maximum Gasteiger partial charge on any atom is 0.268 e. The van der Waals surface area contributed by atoms with E-state index in [1.165, 1.54) is 25.9 Å². The lowest BCUT2D eigenvalue weighted by Crippen LogP contribution is -2.35. The second-order valence-corrected chi connectivity index (χ2v) is 6.97. The van der Waals surface area contributed by atoms with Gasteiger partial charge in [-0.05, 0) is 51.4 Å². The largest absolute Gasteiger partial charge is 0.368 e. The Hall–Kier alpha value is -2.32. The number of benzene rings is 1. The third-order valence-electron chi connectivity index (χ3n) is 5.39. The summed E-state index contributed by atoms with van der Waals surface area (Å²) < 4.78 is 0. The summed E-state index contributed by atoms with van der Waals surface area (Å²) >= 11 is 0. The Morgan fingerprint density at radius 1 is 1.25 bits per heavy atom. The van der Waals surface area contributed by atoms with Crippen molar-refractivity contribution in [2.45, 2.75) is 32.2 Å². The molecule has 3 heterocycles. The van der Waals surface area contributed by atoms with Crippen molar-refractivity contribution in [3.8, 4) is 6.07 Å². The minimum Gasteiger partial charge on any atom is -0.368 e. The molecule has 1 aromatic heterocycles. The standard InChI is InChI=1S/C19H22N4O/c1-13-4-5-17-15(10-13)18(16(11-20)19(24)21-17)23-9-6-14(12-23)22-7-2-3-8-22/h4-5,10,14H,2-3,6-9,12H2,1H3,(H,21,24)/t14-/m1/s1. The van der Waals surface area contributed by atoms with Gasteiger partial charge in [0, 0.05) is 24.5 Å². The molecule has 2 saturated heterocycles. The maximum absolute atomic E-state index is 12.3. The Kier molecular flexibility index (Phi) is 3.78. The minimum atomic E-state index is -0.284. The zero-order valence-corrected chi connectivity index (χ0v) is 14.0. The molecule has 1 aromatic carbocycles. The van der Waals surface area contributed by atoms with Crippen LogP contribution in [0.25, 0.3) is 10.9 Å². The van der Waals surface area contributed by atoms with E-state index in [2.05, 4.69) is 26.9 Å². The Balaban J connectivity index is 1.79. The van der Waals surface area contributed by atoms with Gasteiger partial charge in [0.05, 0.1) is 11.2 Å². The molecule has 2 aliphatic heterocycles. The van der Waals surface area contributed by atoms with Crippen molar-refractivity contribution in [3.05, 3.63) is 39.7 Å². The van der Waals surface area contributed by atoms with E-state index in [1.807, 2.05) is 19.1 Å². The Morgan fingerprint density at radius 2 is 2.04 bits per heavy atom. The number of H-pyrrole nitrogens is 1. The molecule has 5 heteroatoms. The number of nitrogens with one attached hydrogen (secondary N) is 1. The number of nitrogens with zero attached hydrogens (tertiary/aromatic N) is 3. The average molecular weight is 322 g/mol. The van der Waals surface area contributed by atoms with Crippen molar-refractivity contribution in [1.82, 2.24) is 9.88 Å². The summed E-state index contributed by atoms with van der Waals surface area (Å²) in [4.78, 5) is 20.0. The first kappa shape index (κ1) is 15.2. The van der Waals surface area contributed by atoms with Crippen molar-refractivity contribution in [2.24, 2.45) is 0 Å². The fourth-order valence-electron chi connectivity index (χ4n) is 4.17. The number of aryl methyl sites for hydroxylation is 1. The fraction of sp³-hybridized carbons (Fsp3) is 0.474. The lowest BCUT2D eigenvalue weighted by molar-refractivity contribution is 0.260. The molecular weight excluding hydrogens is 300 g/mol. The quantitative estimate of drug-likeness (QED) is 0.922. The number of aromatic amines is 1. The van der Waals surface area contributed by atoms with Gasteiger partial charge in [-0.1, -0.05) is 11.6 Å². The molecule has 4 rings (SSSR count). The van der Waals surface area contributed by atoms with Gasteiger partial charge in [-0.25, -0.2) is 0 Å². The molecule has 0 bridgehead atoms. The van der Waals surface area contributed by atoms with E-state index in [1.54, 1.807) is 0 Å². The van der Waals surface area contributed by atoms with Gasteiger partial charge in [0.25, 0.3) is 5.56 Å². The monoisotopic (exact) mass is 322 g/mol. The van der Waals surface area contributed by atoms with Crippen LogP contribution in [-0.4, -0.2) is 42.1 Å². The second kappa shape index (κ2) is 5.95. The van der Waals surface area contributed by atoms with E-state index in [9.17, 15) is 10.1 Å². The number of fused-ring (bicyclic) bond motifs is 1. The third kappa shape index (κ3) is 2.47. The SMILES string of the molecule is Cc1ccc2[nH]c(=O)c(C#N)c(N3CC[C@@H](N4CCCC4)C3)c2c1. The Bertz CT molecular complexity index is 873. The van der Waals surface area contributed by atoms with Crippen LogP contribution >= 0.6 is 0 Å². The number of rotatable bonds is 2. The van der Waals surface area contributed by atoms with E-state index >= 15 is 0 Å². The van der Waals surface area contributed by atoms with Gasteiger partial charge in [0.2, 0.25) is 0 Å².